The van der Waals surface area contributed by atoms with Crippen LogP contribution in [0, 0.1) is 0 Å². The standard InChI is InChI=1S/C12H19NO/c1-9(2)10-6-4-5-7-11(10)12(14)8-13-3/h4-7,9,12-14H,8H2,1-3H3. The second-order valence-corrected chi connectivity index (χ2v) is 3.86. The van der Waals surface area contributed by atoms with Gasteiger partial charge in [-0.2, -0.15) is 0 Å². The summed E-state index contributed by atoms with van der Waals surface area (Å²) in [5.41, 5.74) is 2.27. The third-order valence-electron chi connectivity index (χ3n) is 2.37. The van der Waals surface area contributed by atoms with Gasteiger partial charge in [-0.3, -0.25) is 0 Å². The van der Waals surface area contributed by atoms with Crippen LogP contribution in [0.3, 0.4) is 0 Å². The van der Waals surface area contributed by atoms with Crippen LogP contribution in [0.15, 0.2) is 24.3 Å². The third kappa shape index (κ3) is 2.56. The van der Waals surface area contributed by atoms with Crippen molar-refractivity contribution in [1.82, 2.24) is 5.32 Å². The molecule has 1 aromatic carbocycles. The fraction of sp³-hybridized carbons (Fsp3) is 0.500. The van der Waals surface area contributed by atoms with Crippen LogP contribution in [0.2, 0.25) is 0 Å². The lowest BCUT2D eigenvalue weighted by Gasteiger charge is -2.17. The molecule has 0 aliphatic rings. The van der Waals surface area contributed by atoms with Gasteiger partial charge in [0.05, 0.1) is 6.10 Å². The predicted octanol–water partition coefficient (Wildman–Crippen LogP) is 2.06. The first-order chi connectivity index (χ1) is 6.66. The molecule has 2 nitrogen and oxygen atoms in total. The summed E-state index contributed by atoms with van der Waals surface area (Å²) in [5.74, 6) is 0.456. The largest absolute Gasteiger partial charge is 0.387 e. The Morgan fingerprint density at radius 1 is 1.21 bits per heavy atom. The highest BCUT2D eigenvalue weighted by Gasteiger charge is 2.12. The molecule has 1 atom stereocenters. The Morgan fingerprint density at radius 3 is 2.29 bits per heavy atom. The van der Waals surface area contributed by atoms with Crippen molar-refractivity contribution in [2.24, 2.45) is 0 Å². The topological polar surface area (TPSA) is 32.3 Å². The summed E-state index contributed by atoms with van der Waals surface area (Å²) in [4.78, 5) is 0. The van der Waals surface area contributed by atoms with Gasteiger partial charge in [0.1, 0.15) is 0 Å². The summed E-state index contributed by atoms with van der Waals surface area (Å²) < 4.78 is 0. The van der Waals surface area contributed by atoms with E-state index in [0.717, 1.165) is 5.56 Å². The van der Waals surface area contributed by atoms with Crippen LogP contribution in [0.1, 0.15) is 37.0 Å². The SMILES string of the molecule is CNCC(O)c1ccccc1C(C)C. The zero-order chi connectivity index (χ0) is 10.6. The number of hydrogen-bond acceptors (Lipinski definition) is 2. The lowest BCUT2D eigenvalue weighted by Crippen LogP contribution is -2.18. The molecule has 0 saturated carbocycles. The van der Waals surface area contributed by atoms with E-state index in [2.05, 4.69) is 25.2 Å². The summed E-state index contributed by atoms with van der Waals surface area (Å²) >= 11 is 0. The van der Waals surface area contributed by atoms with Crippen LogP contribution < -0.4 is 5.32 Å². The van der Waals surface area contributed by atoms with E-state index in [0.29, 0.717) is 12.5 Å². The second-order valence-electron chi connectivity index (χ2n) is 3.86. The number of hydrogen-bond donors (Lipinski definition) is 2. The van der Waals surface area contributed by atoms with E-state index in [1.807, 2.05) is 25.2 Å². The van der Waals surface area contributed by atoms with Crippen LogP contribution >= 0.6 is 0 Å². The van der Waals surface area contributed by atoms with E-state index in [-0.39, 0.29) is 0 Å². The van der Waals surface area contributed by atoms with Crippen molar-refractivity contribution >= 4 is 0 Å². The monoisotopic (exact) mass is 193 g/mol. The summed E-state index contributed by atoms with van der Waals surface area (Å²) in [5, 5.41) is 12.9. The molecule has 0 radical (unpaired) electrons. The minimum Gasteiger partial charge on any atom is -0.387 e. The zero-order valence-corrected chi connectivity index (χ0v) is 9.12. The molecule has 14 heavy (non-hydrogen) atoms. The molecule has 0 saturated heterocycles. The van der Waals surface area contributed by atoms with Crippen molar-refractivity contribution in [1.29, 1.82) is 0 Å². The quantitative estimate of drug-likeness (QED) is 0.767. The third-order valence-corrected chi connectivity index (χ3v) is 2.37. The Bertz CT molecular complexity index is 283. The molecule has 0 fully saturated rings. The Hall–Kier alpha value is -0.860. The summed E-state index contributed by atoms with van der Waals surface area (Å²) in [6.07, 6.45) is -0.404. The number of benzene rings is 1. The van der Waals surface area contributed by atoms with Crippen molar-refractivity contribution in [3.05, 3.63) is 35.4 Å². The maximum atomic E-state index is 9.89. The summed E-state index contributed by atoms with van der Waals surface area (Å²) in [6, 6.07) is 8.07. The highest BCUT2D eigenvalue weighted by molar-refractivity contribution is 5.31. The van der Waals surface area contributed by atoms with Crippen LogP contribution in [0.5, 0.6) is 0 Å². The average molecular weight is 193 g/mol. The van der Waals surface area contributed by atoms with Crippen molar-refractivity contribution in [2.75, 3.05) is 13.6 Å². The number of nitrogens with one attached hydrogen (secondary N) is 1. The Balaban J connectivity index is 2.94. The fourth-order valence-electron chi connectivity index (χ4n) is 1.64. The lowest BCUT2D eigenvalue weighted by atomic mass is 9.94. The molecule has 0 heterocycles. The minimum absolute atomic E-state index is 0.404. The molecule has 0 bridgehead atoms. The number of aliphatic hydroxyl groups excluding tert-OH is 1. The highest BCUT2D eigenvalue weighted by atomic mass is 16.3. The summed E-state index contributed by atoms with van der Waals surface area (Å²) in [6.45, 7) is 4.89. The lowest BCUT2D eigenvalue weighted by molar-refractivity contribution is 0.176. The molecular weight excluding hydrogens is 174 g/mol. The van der Waals surface area contributed by atoms with E-state index in [4.69, 9.17) is 0 Å². The van der Waals surface area contributed by atoms with Crippen molar-refractivity contribution < 1.29 is 5.11 Å². The molecule has 1 unspecified atom stereocenters. The second kappa shape index (κ2) is 5.13. The van der Waals surface area contributed by atoms with Gasteiger partial charge in [0.15, 0.2) is 0 Å². The zero-order valence-electron chi connectivity index (χ0n) is 9.12. The minimum atomic E-state index is -0.404. The fourth-order valence-corrected chi connectivity index (χ4v) is 1.64. The molecule has 1 rings (SSSR count). The first-order valence-corrected chi connectivity index (χ1v) is 5.08. The van der Waals surface area contributed by atoms with E-state index < -0.39 is 6.10 Å². The number of rotatable bonds is 4. The molecule has 0 aromatic heterocycles. The molecule has 0 spiro atoms. The van der Waals surface area contributed by atoms with Gasteiger partial charge in [-0.1, -0.05) is 38.1 Å². The van der Waals surface area contributed by atoms with Crippen LogP contribution in [0.4, 0.5) is 0 Å². The molecule has 78 valence electrons. The average Bonchev–Trinajstić information content (AvgIpc) is 2.18. The van der Waals surface area contributed by atoms with Crippen molar-refractivity contribution in [3.8, 4) is 0 Å². The molecule has 0 aliphatic carbocycles. The molecule has 2 N–H and O–H groups in total. The van der Waals surface area contributed by atoms with Crippen LogP contribution in [-0.2, 0) is 0 Å². The molecule has 0 amide bonds. The van der Waals surface area contributed by atoms with Crippen LogP contribution in [0.25, 0.3) is 0 Å². The van der Waals surface area contributed by atoms with Crippen LogP contribution in [-0.4, -0.2) is 18.7 Å². The number of likely N-dealkylation sites (N-methyl/N-ethyl adjacent to an activating group) is 1. The Morgan fingerprint density at radius 2 is 1.79 bits per heavy atom. The first kappa shape index (κ1) is 11.2. The van der Waals surface area contributed by atoms with Gasteiger partial charge < -0.3 is 10.4 Å². The Labute approximate surface area is 86.0 Å². The van der Waals surface area contributed by atoms with Crippen molar-refractivity contribution in [2.45, 2.75) is 25.9 Å². The summed E-state index contributed by atoms with van der Waals surface area (Å²) in [7, 11) is 1.85. The van der Waals surface area contributed by atoms with Gasteiger partial charge in [-0.25, -0.2) is 0 Å². The maximum Gasteiger partial charge on any atom is 0.0917 e. The molecule has 0 aliphatic heterocycles. The van der Waals surface area contributed by atoms with Crippen molar-refractivity contribution in [3.63, 3.8) is 0 Å². The Kier molecular flexibility index (Phi) is 4.11. The first-order valence-electron chi connectivity index (χ1n) is 5.08. The van der Waals surface area contributed by atoms with E-state index >= 15 is 0 Å². The van der Waals surface area contributed by atoms with Gasteiger partial charge in [0.2, 0.25) is 0 Å². The van der Waals surface area contributed by atoms with E-state index in [1.165, 1.54) is 5.56 Å². The molecule has 1 aromatic rings. The van der Waals surface area contributed by atoms with E-state index in [1.54, 1.807) is 0 Å². The highest BCUT2D eigenvalue weighted by Crippen LogP contribution is 2.24. The van der Waals surface area contributed by atoms with Gasteiger partial charge in [-0.05, 0) is 24.1 Å². The predicted molar refractivity (Wildman–Crippen MR) is 59.4 cm³/mol. The number of aliphatic hydroxyl groups is 1. The van der Waals surface area contributed by atoms with Gasteiger partial charge in [0, 0.05) is 6.54 Å². The van der Waals surface area contributed by atoms with Gasteiger partial charge >= 0.3 is 0 Å². The smallest absolute Gasteiger partial charge is 0.0917 e. The molecule has 2 heteroatoms. The van der Waals surface area contributed by atoms with Gasteiger partial charge in [-0.15, -0.1) is 0 Å². The van der Waals surface area contributed by atoms with Gasteiger partial charge in [0.25, 0.3) is 0 Å². The molecular formula is C12H19NO. The normalized spacial score (nSPS) is 13.2. The maximum absolute atomic E-state index is 9.89. The van der Waals surface area contributed by atoms with E-state index in [9.17, 15) is 5.11 Å².